The van der Waals surface area contributed by atoms with Crippen molar-refractivity contribution in [3.8, 4) is 100 Å². The van der Waals surface area contributed by atoms with Gasteiger partial charge in [0.2, 0.25) is 0 Å². The molecule has 0 N–H and O–H groups in total. The van der Waals surface area contributed by atoms with Crippen molar-refractivity contribution in [2.45, 2.75) is 0 Å². The monoisotopic (exact) mass is 1790 g/mol. The molecule has 0 spiro atoms. The summed E-state index contributed by atoms with van der Waals surface area (Å²) in [5.41, 5.74) is 27.4. The van der Waals surface area contributed by atoms with E-state index in [0.29, 0.717) is 0 Å². The summed E-state index contributed by atoms with van der Waals surface area (Å²) in [5.74, 6) is 0. The number of hydrogen-bond donors (Lipinski definition) is 0. The third-order valence-electron chi connectivity index (χ3n) is 29.5. The minimum atomic E-state index is 0.909. The summed E-state index contributed by atoms with van der Waals surface area (Å²) in [6.07, 6.45) is 0. The first-order valence-corrected chi connectivity index (χ1v) is 48.5. The summed E-state index contributed by atoms with van der Waals surface area (Å²) in [7, 11) is 0. The number of furan rings is 3. The number of fused-ring (bicyclic) bond motifs is 21. The second-order valence-electron chi connectivity index (χ2n) is 37.3. The molecule has 654 valence electrons. The lowest BCUT2D eigenvalue weighted by atomic mass is 9.83. The molecule has 0 amide bonds. The van der Waals surface area contributed by atoms with E-state index in [9.17, 15) is 0 Å². The molecule has 0 saturated carbocycles. The highest BCUT2D eigenvalue weighted by atomic mass is 16.3. The van der Waals surface area contributed by atoms with Crippen molar-refractivity contribution in [3.63, 3.8) is 0 Å². The van der Waals surface area contributed by atoms with Crippen LogP contribution < -0.4 is 0 Å². The van der Waals surface area contributed by atoms with E-state index in [-0.39, 0.29) is 0 Å². The van der Waals surface area contributed by atoms with Gasteiger partial charge in [0.1, 0.15) is 33.5 Å². The SMILES string of the molecule is c1cc(-c2cccc3ccccc23)cc(-c2c3ccccc3c(-c3cccc4c3oc3cc5ccccc5cc34)c3ccccc23)c1.c1ccc(-c2c3ccccc3c(-c3ccc4c(c3)oc3cc5ccccc5cc34)c3ccccc23)c(-c2cccc3ccccc23)c1.c1ccc2cc3c(cc2c1)oc1c(-c2c4ccccc4c(-c4ccc(-c5cccc6ccccc56)cc4)c4ccccc24)cccc13. The Bertz CT molecular complexity index is 10200. The molecule has 0 radical (unpaired) electrons. The number of benzene rings is 27. The van der Waals surface area contributed by atoms with Crippen molar-refractivity contribution in [1.29, 1.82) is 0 Å². The Balaban J connectivity index is 0.000000104. The van der Waals surface area contributed by atoms with Crippen LogP contribution in [0.4, 0.5) is 0 Å². The third kappa shape index (κ3) is 13.4. The van der Waals surface area contributed by atoms with Crippen molar-refractivity contribution < 1.29 is 13.3 Å². The van der Waals surface area contributed by atoms with E-state index < -0.39 is 0 Å². The average molecular weight is 1790 g/mol. The topological polar surface area (TPSA) is 39.4 Å². The van der Waals surface area contributed by atoms with E-state index in [1.165, 1.54) is 213 Å². The molecule has 0 aliphatic carbocycles. The van der Waals surface area contributed by atoms with Gasteiger partial charge in [-0.2, -0.15) is 0 Å². The van der Waals surface area contributed by atoms with Crippen LogP contribution in [0.3, 0.4) is 0 Å². The van der Waals surface area contributed by atoms with E-state index in [0.717, 1.165) is 82.5 Å². The molecule has 0 saturated heterocycles. The maximum Gasteiger partial charge on any atom is 0.143 e. The van der Waals surface area contributed by atoms with Crippen LogP contribution in [-0.2, 0) is 0 Å². The summed E-state index contributed by atoms with van der Waals surface area (Å²) in [6, 6.07) is 185. The highest BCUT2D eigenvalue weighted by Gasteiger charge is 2.27. The zero-order valence-corrected chi connectivity index (χ0v) is 76.7. The van der Waals surface area contributed by atoms with Gasteiger partial charge in [-0.15, -0.1) is 0 Å². The van der Waals surface area contributed by atoms with Crippen molar-refractivity contribution in [2.24, 2.45) is 0 Å². The molecule has 3 aromatic heterocycles. The Kier molecular flexibility index (Phi) is 19.0. The first-order chi connectivity index (χ1) is 69.9. The number of rotatable bonds is 9. The molecule has 141 heavy (non-hydrogen) atoms. The second-order valence-corrected chi connectivity index (χ2v) is 37.3. The Labute approximate surface area is 812 Å². The van der Waals surface area contributed by atoms with Crippen molar-refractivity contribution in [2.75, 3.05) is 0 Å². The lowest BCUT2D eigenvalue weighted by Crippen LogP contribution is -1.93. The second kappa shape index (κ2) is 33.2. The fraction of sp³-hybridized carbons (Fsp3) is 0. The first-order valence-electron chi connectivity index (χ1n) is 48.5. The van der Waals surface area contributed by atoms with Gasteiger partial charge in [0.15, 0.2) is 0 Å². The van der Waals surface area contributed by atoms with Crippen molar-refractivity contribution >= 4 is 195 Å². The highest BCUT2D eigenvalue weighted by molar-refractivity contribution is 6.29. The molecule has 0 unspecified atom stereocenters. The van der Waals surface area contributed by atoms with Crippen LogP contribution in [0.25, 0.3) is 295 Å². The van der Waals surface area contributed by atoms with Gasteiger partial charge in [0, 0.05) is 54.6 Å². The smallest absolute Gasteiger partial charge is 0.143 e. The molecule has 0 bridgehead atoms. The molecule has 3 nitrogen and oxygen atoms in total. The molecule has 3 heteroatoms. The van der Waals surface area contributed by atoms with Crippen LogP contribution in [0.5, 0.6) is 0 Å². The van der Waals surface area contributed by atoms with Gasteiger partial charge < -0.3 is 13.3 Å². The van der Waals surface area contributed by atoms with Crippen molar-refractivity contribution in [3.05, 3.63) is 510 Å². The molecule has 3 heterocycles. The van der Waals surface area contributed by atoms with Gasteiger partial charge in [-0.3, -0.25) is 0 Å². The minimum Gasteiger partial charge on any atom is -0.456 e. The lowest BCUT2D eigenvalue weighted by Gasteiger charge is -2.20. The quantitative estimate of drug-likeness (QED) is 0.135. The third-order valence-corrected chi connectivity index (χ3v) is 29.5. The summed E-state index contributed by atoms with van der Waals surface area (Å²) in [5, 5.41) is 36.4. The van der Waals surface area contributed by atoms with Gasteiger partial charge in [-0.25, -0.2) is 0 Å². The maximum absolute atomic E-state index is 6.76. The summed E-state index contributed by atoms with van der Waals surface area (Å²) in [6.45, 7) is 0. The summed E-state index contributed by atoms with van der Waals surface area (Å²) >= 11 is 0. The van der Waals surface area contributed by atoms with Crippen LogP contribution >= 0.6 is 0 Å². The van der Waals surface area contributed by atoms with E-state index in [2.05, 4.69) is 510 Å². The Morgan fingerprint density at radius 3 is 0.759 bits per heavy atom. The molecule has 0 fully saturated rings. The van der Waals surface area contributed by atoms with Crippen LogP contribution in [-0.4, -0.2) is 0 Å². The largest absolute Gasteiger partial charge is 0.456 e. The first kappa shape index (κ1) is 80.9. The fourth-order valence-electron chi connectivity index (χ4n) is 23.2. The van der Waals surface area contributed by atoms with Crippen LogP contribution in [0.2, 0.25) is 0 Å². The zero-order chi connectivity index (χ0) is 92.7. The Morgan fingerprint density at radius 1 is 0.0993 bits per heavy atom. The average Bonchev–Trinajstić information content (AvgIpc) is 1.71. The van der Waals surface area contributed by atoms with Gasteiger partial charge in [-0.1, -0.05) is 455 Å². The van der Waals surface area contributed by atoms with Crippen LogP contribution in [0.15, 0.2) is 523 Å². The normalized spacial score (nSPS) is 11.8. The standard InChI is InChI=1S/3C46H28O/c1-2-14-31-28-43-42(27-30(31)13-1)40-24-11-25-41(46(40)47-43)45-38-21-7-5-19-36(38)44(37-20-6-8-22-39(37)45)33-17-9-16-32(26-33)35-23-10-15-29-12-3-4-18-34(29)35;1-2-13-33-28-43-42(27-32(33)12-1)40-21-10-22-41(46(40)47-43)45-38-18-7-5-16-36(38)44(37-17-6-8-19-39(37)45)31-25-23-30(24-26-31)35-20-9-14-29-11-3-4-15-34(29)35;1-2-14-31-27-44-42(26-30(31)13-1)36-25-24-32(28-43(36)47-44)45-38-19-7-9-21-40(38)46(41-22-10-8-20-39(41)45)37-18-6-5-17-35(37)34-23-11-15-29-12-3-4-16-33(29)34/h3*1-28H. The minimum absolute atomic E-state index is 0.909. The maximum atomic E-state index is 6.76. The van der Waals surface area contributed by atoms with Gasteiger partial charge in [0.25, 0.3) is 0 Å². The van der Waals surface area contributed by atoms with Gasteiger partial charge in [-0.05, 0) is 262 Å². The molecule has 30 rings (SSSR count). The highest BCUT2D eigenvalue weighted by Crippen LogP contribution is 2.53. The molecule has 27 aromatic carbocycles. The van der Waals surface area contributed by atoms with E-state index in [1.807, 2.05) is 0 Å². The van der Waals surface area contributed by atoms with Gasteiger partial charge in [0.05, 0.1) is 0 Å². The number of para-hydroxylation sites is 2. The number of hydrogen-bond acceptors (Lipinski definition) is 3. The molecule has 30 aromatic rings. The Morgan fingerprint density at radius 2 is 0.340 bits per heavy atom. The van der Waals surface area contributed by atoms with E-state index in [1.54, 1.807) is 0 Å². The summed E-state index contributed by atoms with van der Waals surface area (Å²) in [4.78, 5) is 0. The lowest BCUT2D eigenvalue weighted by molar-refractivity contribution is 0.669. The predicted molar refractivity (Wildman–Crippen MR) is 600 cm³/mol. The predicted octanol–water partition coefficient (Wildman–Crippen LogP) is 39.6. The molecule has 0 atom stereocenters. The molecule has 0 aliphatic rings. The van der Waals surface area contributed by atoms with Gasteiger partial charge >= 0.3 is 0 Å². The molecular formula is C138H84O3. The summed E-state index contributed by atoms with van der Waals surface area (Å²) < 4.78 is 20.0. The zero-order valence-electron chi connectivity index (χ0n) is 76.7. The van der Waals surface area contributed by atoms with E-state index in [4.69, 9.17) is 13.3 Å². The van der Waals surface area contributed by atoms with Crippen LogP contribution in [0.1, 0.15) is 0 Å². The molecular weight excluding hydrogens is 1710 g/mol. The fourth-order valence-corrected chi connectivity index (χ4v) is 23.2. The molecule has 0 aliphatic heterocycles. The van der Waals surface area contributed by atoms with Crippen molar-refractivity contribution in [1.82, 2.24) is 0 Å². The van der Waals surface area contributed by atoms with E-state index >= 15 is 0 Å². The van der Waals surface area contributed by atoms with Crippen LogP contribution in [0, 0.1) is 0 Å². The Hall–Kier alpha value is -18.5.